The third-order valence-electron chi connectivity index (χ3n) is 3.51. The van der Waals surface area contributed by atoms with Crippen LogP contribution in [0, 0.1) is 6.92 Å². The van der Waals surface area contributed by atoms with Crippen LogP contribution >= 0.6 is 11.6 Å². The van der Waals surface area contributed by atoms with E-state index < -0.39 is 0 Å². The fraction of sp³-hybridized carbons (Fsp3) is 0.438. The molecule has 0 aliphatic rings. The van der Waals surface area contributed by atoms with Crippen LogP contribution in [0.2, 0.25) is 5.02 Å². The molecular weight excluding hydrogens is 272 g/mol. The van der Waals surface area contributed by atoms with E-state index in [2.05, 4.69) is 30.7 Å². The van der Waals surface area contributed by atoms with Gasteiger partial charge in [0.15, 0.2) is 0 Å². The molecular formula is C16H21ClN2O. The lowest BCUT2D eigenvalue weighted by Gasteiger charge is -2.18. The van der Waals surface area contributed by atoms with Gasteiger partial charge in [0.05, 0.1) is 5.52 Å². The quantitative estimate of drug-likeness (QED) is 0.807. The number of hydrogen-bond donors (Lipinski definition) is 0. The molecule has 4 heteroatoms. The van der Waals surface area contributed by atoms with E-state index in [1.54, 1.807) is 0 Å². The Kier molecular flexibility index (Phi) is 5.21. The Morgan fingerprint density at radius 2 is 1.95 bits per heavy atom. The molecule has 0 fully saturated rings. The second kappa shape index (κ2) is 6.91. The number of aryl methyl sites for hydroxylation is 1. The van der Waals surface area contributed by atoms with E-state index in [1.807, 2.05) is 24.3 Å². The standard InChI is InChI=1S/C16H21ClN2O/c1-4-19(5-2)8-9-20-16-10-12(3)14-7-6-13(17)11-15(14)18-16/h6-7,10-11H,4-5,8-9H2,1-3H3. The van der Waals surface area contributed by atoms with Crippen molar-refractivity contribution in [2.24, 2.45) is 0 Å². The summed E-state index contributed by atoms with van der Waals surface area (Å²) >= 11 is 6.02. The lowest BCUT2D eigenvalue weighted by Crippen LogP contribution is -2.28. The van der Waals surface area contributed by atoms with E-state index in [4.69, 9.17) is 16.3 Å². The normalized spacial score (nSPS) is 11.2. The predicted molar refractivity (Wildman–Crippen MR) is 84.8 cm³/mol. The molecule has 1 aromatic carbocycles. The Bertz CT molecular complexity index is 582. The first-order valence-corrected chi connectivity index (χ1v) is 7.44. The van der Waals surface area contributed by atoms with Crippen LogP contribution < -0.4 is 4.74 Å². The lowest BCUT2D eigenvalue weighted by atomic mass is 10.1. The molecule has 3 nitrogen and oxygen atoms in total. The summed E-state index contributed by atoms with van der Waals surface area (Å²) in [5, 5.41) is 1.81. The van der Waals surface area contributed by atoms with Crippen LogP contribution in [0.5, 0.6) is 5.88 Å². The average Bonchev–Trinajstić information content (AvgIpc) is 2.43. The Morgan fingerprint density at radius 1 is 1.20 bits per heavy atom. The van der Waals surface area contributed by atoms with Gasteiger partial charge in [-0.05, 0) is 37.7 Å². The number of hydrogen-bond acceptors (Lipinski definition) is 3. The number of likely N-dealkylation sites (N-methyl/N-ethyl adjacent to an activating group) is 1. The van der Waals surface area contributed by atoms with Crippen molar-refractivity contribution in [3.8, 4) is 5.88 Å². The summed E-state index contributed by atoms with van der Waals surface area (Å²) in [5.41, 5.74) is 2.04. The fourth-order valence-corrected chi connectivity index (χ4v) is 2.40. The first-order valence-electron chi connectivity index (χ1n) is 7.06. The lowest BCUT2D eigenvalue weighted by molar-refractivity contribution is 0.218. The molecule has 0 aliphatic heterocycles. The van der Waals surface area contributed by atoms with Crippen LogP contribution in [0.15, 0.2) is 24.3 Å². The zero-order valence-electron chi connectivity index (χ0n) is 12.3. The van der Waals surface area contributed by atoms with E-state index in [9.17, 15) is 0 Å². The van der Waals surface area contributed by atoms with Gasteiger partial charge in [-0.2, -0.15) is 0 Å². The molecule has 20 heavy (non-hydrogen) atoms. The zero-order chi connectivity index (χ0) is 14.5. The van der Waals surface area contributed by atoms with Crippen molar-refractivity contribution in [2.75, 3.05) is 26.2 Å². The summed E-state index contributed by atoms with van der Waals surface area (Å²) in [6.45, 7) is 10.0. The number of pyridine rings is 1. The molecule has 0 unspecified atom stereocenters. The number of halogens is 1. The van der Waals surface area contributed by atoms with Gasteiger partial charge in [-0.1, -0.05) is 31.5 Å². The molecule has 0 saturated carbocycles. The van der Waals surface area contributed by atoms with Crippen molar-refractivity contribution in [2.45, 2.75) is 20.8 Å². The largest absolute Gasteiger partial charge is 0.476 e. The summed E-state index contributed by atoms with van der Waals surface area (Å²) in [4.78, 5) is 6.84. The molecule has 2 rings (SSSR count). The van der Waals surface area contributed by atoms with Crippen molar-refractivity contribution in [1.29, 1.82) is 0 Å². The molecule has 0 spiro atoms. The first-order chi connectivity index (χ1) is 9.63. The van der Waals surface area contributed by atoms with Crippen molar-refractivity contribution >= 4 is 22.5 Å². The van der Waals surface area contributed by atoms with Crippen molar-refractivity contribution in [3.63, 3.8) is 0 Å². The highest BCUT2D eigenvalue weighted by atomic mass is 35.5. The Labute approximate surface area is 125 Å². The van der Waals surface area contributed by atoms with Crippen LogP contribution in [-0.2, 0) is 0 Å². The average molecular weight is 293 g/mol. The van der Waals surface area contributed by atoms with Gasteiger partial charge >= 0.3 is 0 Å². The maximum absolute atomic E-state index is 6.02. The van der Waals surface area contributed by atoms with Crippen LogP contribution in [0.25, 0.3) is 10.9 Å². The van der Waals surface area contributed by atoms with Gasteiger partial charge in [0, 0.05) is 23.0 Å². The van der Waals surface area contributed by atoms with E-state index in [0.29, 0.717) is 17.5 Å². The Balaban J connectivity index is 2.11. The maximum Gasteiger partial charge on any atom is 0.214 e. The summed E-state index contributed by atoms with van der Waals surface area (Å²) in [5.74, 6) is 0.671. The molecule has 0 amide bonds. The zero-order valence-corrected chi connectivity index (χ0v) is 13.1. The minimum absolute atomic E-state index is 0.653. The third kappa shape index (κ3) is 3.62. The molecule has 108 valence electrons. The number of aromatic nitrogens is 1. The minimum Gasteiger partial charge on any atom is -0.476 e. The van der Waals surface area contributed by atoms with Gasteiger partial charge in [0.1, 0.15) is 6.61 Å². The Hall–Kier alpha value is -1.32. The summed E-state index contributed by atoms with van der Waals surface area (Å²) in [7, 11) is 0. The number of rotatable bonds is 6. The van der Waals surface area contributed by atoms with Gasteiger partial charge in [-0.15, -0.1) is 0 Å². The molecule has 1 aromatic heterocycles. The van der Waals surface area contributed by atoms with E-state index >= 15 is 0 Å². The summed E-state index contributed by atoms with van der Waals surface area (Å²) < 4.78 is 5.77. The van der Waals surface area contributed by atoms with Crippen LogP contribution in [0.3, 0.4) is 0 Å². The maximum atomic E-state index is 6.02. The highest BCUT2D eigenvalue weighted by Crippen LogP contribution is 2.24. The van der Waals surface area contributed by atoms with Gasteiger partial charge < -0.3 is 9.64 Å². The molecule has 0 saturated heterocycles. The monoisotopic (exact) mass is 292 g/mol. The van der Waals surface area contributed by atoms with Crippen LogP contribution in [-0.4, -0.2) is 36.1 Å². The second-order valence-electron chi connectivity index (χ2n) is 4.81. The summed E-state index contributed by atoms with van der Waals surface area (Å²) in [6, 6.07) is 7.75. The number of ether oxygens (including phenoxy) is 1. The van der Waals surface area contributed by atoms with E-state index in [1.165, 1.54) is 0 Å². The van der Waals surface area contributed by atoms with Crippen molar-refractivity contribution in [1.82, 2.24) is 9.88 Å². The molecule has 1 heterocycles. The van der Waals surface area contributed by atoms with Crippen LogP contribution in [0.1, 0.15) is 19.4 Å². The highest BCUT2D eigenvalue weighted by molar-refractivity contribution is 6.31. The second-order valence-corrected chi connectivity index (χ2v) is 5.25. The SMILES string of the molecule is CCN(CC)CCOc1cc(C)c2ccc(Cl)cc2n1. The molecule has 0 atom stereocenters. The van der Waals surface area contributed by atoms with Gasteiger partial charge in [-0.3, -0.25) is 0 Å². The fourth-order valence-electron chi connectivity index (χ4n) is 2.24. The first kappa shape index (κ1) is 15.1. The van der Waals surface area contributed by atoms with Crippen molar-refractivity contribution < 1.29 is 4.74 Å². The predicted octanol–water partition coefficient (Wildman–Crippen LogP) is 3.92. The Morgan fingerprint density at radius 3 is 2.65 bits per heavy atom. The molecule has 0 bridgehead atoms. The van der Waals surface area contributed by atoms with Gasteiger partial charge in [0.25, 0.3) is 0 Å². The smallest absolute Gasteiger partial charge is 0.214 e. The van der Waals surface area contributed by atoms with Gasteiger partial charge in [0.2, 0.25) is 5.88 Å². The molecule has 2 aromatic rings. The topological polar surface area (TPSA) is 25.4 Å². The van der Waals surface area contributed by atoms with Crippen LogP contribution in [0.4, 0.5) is 0 Å². The van der Waals surface area contributed by atoms with Crippen molar-refractivity contribution in [3.05, 3.63) is 34.9 Å². The van der Waals surface area contributed by atoms with E-state index in [-0.39, 0.29) is 0 Å². The molecule has 0 aliphatic carbocycles. The number of nitrogens with zero attached hydrogens (tertiary/aromatic N) is 2. The van der Waals surface area contributed by atoms with E-state index in [0.717, 1.165) is 36.1 Å². The summed E-state index contributed by atoms with van der Waals surface area (Å²) in [6.07, 6.45) is 0. The molecule has 0 N–H and O–H groups in total. The van der Waals surface area contributed by atoms with Gasteiger partial charge in [-0.25, -0.2) is 4.98 Å². The molecule has 0 radical (unpaired) electrons. The number of benzene rings is 1. The highest BCUT2D eigenvalue weighted by Gasteiger charge is 2.05. The minimum atomic E-state index is 0.653. The third-order valence-corrected chi connectivity index (χ3v) is 3.74. The number of fused-ring (bicyclic) bond motifs is 1.